The zero-order valence-corrected chi connectivity index (χ0v) is 47.7. The van der Waals surface area contributed by atoms with Gasteiger partial charge in [-0.2, -0.15) is 0 Å². The fraction of sp³-hybridized carbons (Fsp3) is 0.581. The highest BCUT2D eigenvalue weighted by Crippen LogP contribution is 2.37. The van der Waals surface area contributed by atoms with E-state index in [0.717, 1.165) is 83.4 Å². The van der Waals surface area contributed by atoms with Crippen molar-refractivity contribution in [3.8, 4) is 0 Å². The van der Waals surface area contributed by atoms with Gasteiger partial charge in [0.25, 0.3) is 17.7 Å². The van der Waals surface area contributed by atoms with Crippen molar-refractivity contribution in [1.82, 2.24) is 14.7 Å². The summed E-state index contributed by atoms with van der Waals surface area (Å²) in [5, 5.41) is 0. The Morgan fingerprint density at radius 1 is 0.543 bits per heavy atom. The Morgan fingerprint density at radius 3 is 1.42 bits per heavy atom. The smallest absolute Gasteiger partial charge is 0.344 e. The zero-order chi connectivity index (χ0) is 58.2. The summed E-state index contributed by atoms with van der Waals surface area (Å²) in [6.45, 7) is 4.62. The van der Waals surface area contributed by atoms with E-state index in [-0.39, 0.29) is 50.0 Å². The number of halogens is 1. The Hall–Kier alpha value is -6.73. The standard InChI is InChI=1S/C62H80FN3O15/c1-40(67)80-53(34-43-16-20-46(21-17-43)48-24-28-75-29-25-48)57(70)65(5)50(32-41-12-13-41)59(72)78-38-55(68)64(4)52(36-62(2,3)63)61(74)81-54(35-44-18-22-47(23-19-44)49-26-30-76-31-27-49)58(71)66(6)51(33-42-14-15-42)60(73)79-39-56(69)77-37-45-10-8-7-9-11-45/h7-11,16-23,41-42,48-54H,12-15,24-39H2,1-6H3/t50-,51-,52-,53+,54+/m0/s1. The van der Waals surface area contributed by atoms with Crippen LogP contribution in [0.2, 0.25) is 0 Å². The number of benzene rings is 3. The molecule has 3 amide bonds. The molecule has 3 aromatic rings. The van der Waals surface area contributed by atoms with Crippen LogP contribution in [0.1, 0.15) is 131 Å². The van der Waals surface area contributed by atoms with Gasteiger partial charge in [0, 0.05) is 73.8 Å². The molecule has 2 saturated carbocycles. The van der Waals surface area contributed by atoms with E-state index in [1.54, 1.807) is 24.3 Å². The quantitative estimate of drug-likeness (QED) is 0.0522. The molecule has 2 aliphatic heterocycles. The predicted octanol–water partition coefficient (Wildman–Crippen LogP) is 7.15. The highest BCUT2D eigenvalue weighted by Gasteiger charge is 2.43. The van der Waals surface area contributed by atoms with Gasteiger partial charge in [-0.1, -0.05) is 105 Å². The fourth-order valence-electron chi connectivity index (χ4n) is 10.4. The first-order chi connectivity index (χ1) is 38.7. The summed E-state index contributed by atoms with van der Waals surface area (Å²) >= 11 is 0. The number of carbonyl (C=O) groups is 8. The van der Waals surface area contributed by atoms with Crippen LogP contribution in [0.25, 0.3) is 0 Å². The van der Waals surface area contributed by atoms with Gasteiger partial charge in [0.2, 0.25) is 0 Å². The Labute approximate surface area is 474 Å². The van der Waals surface area contributed by atoms with Gasteiger partial charge in [0.1, 0.15) is 30.4 Å². The molecule has 19 heteroatoms. The molecule has 4 aliphatic rings. The van der Waals surface area contributed by atoms with E-state index in [2.05, 4.69) is 0 Å². The average molecular weight is 1130 g/mol. The number of carbonyl (C=O) groups excluding carboxylic acids is 8. The average Bonchev–Trinajstić information content (AvgIpc) is 4.45. The van der Waals surface area contributed by atoms with E-state index in [4.69, 9.17) is 33.2 Å². The molecule has 81 heavy (non-hydrogen) atoms. The van der Waals surface area contributed by atoms with Gasteiger partial charge in [-0.15, -0.1) is 0 Å². The van der Waals surface area contributed by atoms with E-state index in [1.807, 2.05) is 54.6 Å². The van der Waals surface area contributed by atoms with E-state index >= 15 is 4.39 Å². The first-order valence-electron chi connectivity index (χ1n) is 28.4. The fourth-order valence-corrected chi connectivity index (χ4v) is 10.4. The Bertz CT molecular complexity index is 2610. The third kappa shape index (κ3) is 19.2. The van der Waals surface area contributed by atoms with Crippen molar-refractivity contribution in [2.45, 2.75) is 159 Å². The molecule has 440 valence electrons. The summed E-state index contributed by atoms with van der Waals surface area (Å²) in [5.74, 6) is -5.91. The van der Waals surface area contributed by atoms with E-state index < -0.39 is 103 Å². The van der Waals surface area contributed by atoms with Crippen LogP contribution in [0.4, 0.5) is 4.39 Å². The number of esters is 5. The molecule has 7 rings (SSSR count). The van der Waals surface area contributed by atoms with Crippen molar-refractivity contribution >= 4 is 47.6 Å². The van der Waals surface area contributed by atoms with Crippen molar-refractivity contribution in [1.29, 1.82) is 0 Å². The number of rotatable bonds is 28. The second kappa shape index (κ2) is 29.3. The number of likely N-dealkylation sites (N-methyl/N-ethyl adjacent to an activating group) is 3. The van der Waals surface area contributed by atoms with Crippen LogP contribution < -0.4 is 0 Å². The number of amides is 3. The van der Waals surface area contributed by atoms with Gasteiger partial charge in [-0.25, -0.2) is 23.6 Å². The monoisotopic (exact) mass is 1130 g/mol. The van der Waals surface area contributed by atoms with Crippen LogP contribution in [0.3, 0.4) is 0 Å². The molecule has 3 aromatic carbocycles. The van der Waals surface area contributed by atoms with E-state index in [9.17, 15) is 38.4 Å². The summed E-state index contributed by atoms with van der Waals surface area (Å²) < 4.78 is 54.8. The van der Waals surface area contributed by atoms with Crippen LogP contribution >= 0.6 is 0 Å². The van der Waals surface area contributed by atoms with Gasteiger partial charge in [0.15, 0.2) is 25.4 Å². The first kappa shape index (κ1) is 61.9. The summed E-state index contributed by atoms with van der Waals surface area (Å²) in [4.78, 5) is 114. The number of alkyl halides is 1. The minimum Gasteiger partial charge on any atom is -0.458 e. The largest absolute Gasteiger partial charge is 0.458 e. The Kier molecular flexibility index (Phi) is 22.4. The molecule has 4 fully saturated rings. The molecular weight excluding hydrogens is 1050 g/mol. The molecule has 2 saturated heterocycles. The summed E-state index contributed by atoms with van der Waals surface area (Å²) in [5.41, 5.74) is 2.24. The second-order valence-electron chi connectivity index (χ2n) is 22.8. The first-order valence-corrected chi connectivity index (χ1v) is 28.4. The summed E-state index contributed by atoms with van der Waals surface area (Å²) in [6.07, 6.45) is 3.54. The number of hydrogen-bond donors (Lipinski definition) is 0. The lowest BCUT2D eigenvalue weighted by Gasteiger charge is -2.33. The van der Waals surface area contributed by atoms with Crippen LogP contribution in [0.5, 0.6) is 0 Å². The summed E-state index contributed by atoms with van der Waals surface area (Å²) in [6, 6.07) is 20.3. The highest BCUT2D eigenvalue weighted by molar-refractivity contribution is 5.92. The number of nitrogens with zero attached hydrogens (tertiary/aromatic N) is 3. The van der Waals surface area contributed by atoms with E-state index in [1.165, 1.54) is 46.8 Å². The predicted molar refractivity (Wildman–Crippen MR) is 294 cm³/mol. The summed E-state index contributed by atoms with van der Waals surface area (Å²) in [7, 11) is 4.04. The third-order valence-electron chi connectivity index (χ3n) is 15.7. The minimum atomic E-state index is -2.07. The van der Waals surface area contributed by atoms with Crippen molar-refractivity contribution in [2.75, 3.05) is 60.8 Å². The molecule has 0 N–H and O–H groups in total. The molecule has 0 bridgehead atoms. The molecule has 2 heterocycles. The lowest BCUT2D eigenvalue weighted by molar-refractivity contribution is -0.172. The van der Waals surface area contributed by atoms with Crippen LogP contribution in [0.15, 0.2) is 78.9 Å². The van der Waals surface area contributed by atoms with Gasteiger partial charge in [0.05, 0.1) is 0 Å². The van der Waals surface area contributed by atoms with Gasteiger partial charge < -0.3 is 47.9 Å². The van der Waals surface area contributed by atoms with Gasteiger partial charge in [-0.05, 0) is 104 Å². The molecule has 0 radical (unpaired) electrons. The lowest BCUT2D eigenvalue weighted by Crippen LogP contribution is -2.52. The van der Waals surface area contributed by atoms with Crippen molar-refractivity contribution in [3.05, 3.63) is 107 Å². The molecule has 0 unspecified atom stereocenters. The van der Waals surface area contributed by atoms with Crippen LogP contribution in [-0.4, -0.2) is 159 Å². The van der Waals surface area contributed by atoms with Crippen molar-refractivity contribution in [2.24, 2.45) is 11.8 Å². The van der Waals surface area contributed by atoms with E-state index in [0.29, 0.717) is 37.9 Å². The van der Waals surface area contributed by atoms with Crippen molar-refractivity contribution < 1.29 is 75.9 Å². The Morgan fingerprint density at radius 2 is 0.988 bits per heavy atom. The maximum atomic E-state index is 15.8. The Balaban J connectivity index is 1.04. The van der Waals surface area contributed by atoms with Crippen molar-refractivity contribution in [3.63, 3.8) is 0 Å². The maximum Gasteiger partial charge on any atom is 0.344 e. The minimum absolute atomic E-state index is 0.0353. The molecule has 2 aliphatic carbocycles. The molecule has 18 nitrogen and oxygen atoms in total. The maximum absolute atomic E-state index is 15.8. The normalized spacial score (nSPS) is 17.7. The van der Waals surface area contributed by atoms with Crippen LogP contribution in [-0.2, 0) is 91.0 Å². The SMILES string of the molecule is CC(=O)O[C@H](Cc1ccc(C2CCOCC2)cc1)C(=O)N(C)[C@@H](CC1CC1)C(=O)OCC(=O)N(C)[C@@H](CC(C)(C)F)C(=O)O[C@H](Cc1ccc(C2CCOCC2)cc1)C(=O)N(C)[C@@H](CC1CC1)C(=O)OCC(=O)OCc1ccccc1. The number of hydrogen-bond acceptors (Lipinski definition) is 15. The topological polar surface area (TPSA) is 211 Å². The van der Waals surface area contributed by atoms with Gasteiger partial charge in [-0.3, -0.25) is 19.2 Å². The molecule has 0 spiro atoms. The zero-order valence-electron chi connectivity index (χ0n) is 47.7. The third-order valence-corrected chi connectivity index (χ3v) is 15.7. The number of ether oxygens (including phenoxy) is 7. The lowest BCUT2D eigenvalue weighted by atomic mass is 9.90. The molecule has 0 aromatic heterocycles. The molecular formula is C62H80FN3O15. The van der Waals surface area contributed by atoms with Gasteiger partial charge >= 0.3 is 29.8 Å². The second-order valence-corrected chi connectivity index (χ2v) is 22.8. The molecule has 5 atom stereocenters. The highest BCUT2D eigenvalue weighted by atomic mass is 19.1. The van der Waals surface area contributed by atoms with Crippen LogP contribution in [0, 0.1) is 11.8 Å².